The van der Waals surface area contributed by atoms with Gasteiger partial charge in [-0.1, -0.05) is 6.08 Å². The van der Waals surface area contributed by atoms with Crippen LogP contribution in [0.4, 0.5) is 0 Å². The van der Waals surface area contributed by atoms with Crippen LogP contribution in [0, 0.1) is 0 Å². The Bertz CT molecular complexity index is 260. The van der Waals surface area contributed by atoms with E-state index in [2.05, 4.69) is 11.6 Å². The van der Waals surface area contributed by atoms with Gasteiger partial charge in [-0.25, -0.2) is 4.98 Å². The average molecular weight is 198 g/mol. The van der Waals surface area contributed by atoms with E-state index in [1.54, 1.807) is 11.3 Å². The summed E-state index contributed by atoms with van der Waals surface area (Å²) < 4.78 is 5.35. The molecule has 3 nitrogen and oxygen atoms in total. The Morgan fingerprint density at radius 1 is 1.69 bits per heavy atom. The van der Waals surface area contributed by atoms with E-state index in [-0.39, 0.29) is 0 Å². The zero-order chi connectivity index (χ0) is 9.52. The van der Waals surface area contributed by atoms with Gasteiger partial charge in [0.25, 0.3) is 0 Å². The van der Waals surface area contributed by atoms with Crippen molar-refractivity contribution in [1.29, 1.82) is 0 Å². The van der Waals surface area contributed by atoms with Gasteiger partial charge in [0.2, 0.25) is 0 Å². The Hall–Kier alpha value is -0.710. The van der Waals surface area contributed by atoms with Crippen LogP contribution in [0.3, 0.4) is 0 Å². The second-order valence-corrected chi connectivity index (χ2v) is 3.51. The van der Waals surface area contributed by atoms with E-state index in [1.165, 1.54) is 0 Å². The predicted octanol–water partition coefficient (Wildman–Crippen LogP) is 1.69. The van der Waals surface area contributed by atoms with Crippen LogP contribution in [-0.4, -0.2) is 11.6 Å². The van der Waals surface area contributed by atoms with Crippen molar-refractivity contribution in [1.82, 2.24) is 4.98 Å². The van der Waals surface area contributed by atoms with E-state index in [0.29, 0.717) is 19.8 Å². The van der Waals surface area contributed by atoms with E-state index < -0.39 is 0 Å². The molecule has 0 unspecified atom stereocenters. The van der Waals surface area contributed by atoms with Crippen molar-refractivity contribution in [2.75, 3.05) is 6.61 Å². The van der Waals surface area contributed by atoms with Crippen molar-refractivity contribution < 1.29 is 4.74 Å². The fourth-order valence-corrected chi connectivity index (χ4v) is 1.51. The Morgan fingerprint density at radius 3 is 3.15 bits per heavy atom. The lowest BCUT2D eigenvalue weighted by Crippen LogP contribution is -1.97. The van der Waals surface area contributed by atoms with Gasteiger partial charge < -0.3 is 10.5 Å². The minimum absolute atomic E-state index is 0.511. The van der Waals surface area contributed by atoms with Gasteiger partial charge in [0.15, 0.2) is 0 Å². The summed E-state index contributed by atoms with van der Waals surface area (Å²) >= 11 is 1.58. The number of nitrogens with two attached hydrogens (primary N) is 1. The van der Waals surface area contributed by atoms with E-state index >= 15 is 0 Å². The van der Waals surface area contributed by atoms with Crippen molar-refractivity contribution in [3.63, 3.8) is 0 Å². The smallest absolute Gasteiger partial charge is 0.107 e. The molecule has 1 rings (SSSR count). The fourth-order valence-electron chi connectivity index (χ4n) is 0.852. The van der Waals surface area contributed by atoms with E-state index in [0.717, 1.165) is 17.1 Å². The maximum atomic E-state index is 5.43. The molecule has 2 N–H and O–H groups in total. The van der Waals surface area contributed by atoms with Gasteiger partial charge in [0.05, 0.1) is 18.9 Å². The van der Waals surface area contributed by atoms with Gasteiger partial charge in [0, 0.05) is 11.9 Å². The zero-order valence-corrected chi connectivity index (χ0v) is 8.35. The van der Waals surface area contributed by atoms with Crippen LogP contribution in [0.1, 0.15) is 17.1 Å². The maximum absolute atomic E-state index is 5.43. The molecule has 0 amide bonds. The molecule has 0 saturated heterocycles. The molecular formula is C9H14N2OS. The molecule has 0 aromatic carbocycles. The number of ether oxygens (including phenoxy) is 1. The van der Waals surface area contributed by atoms with Gasteiger partial charge in [-0.3, -0.25) is 0 Å². The molecule has 0 radical (unpaired) electrons. The van der Waals surface area contributed by atoms with Crippen molar-refractivity contribution in [2.45, 2.75) is 19.6 Å². The van der Waals surface area contributed by atoms with Crippen LogP contribution in [0.2, 0.25) is 0 Å². The van der Waals surface area contributed by atoms with Gasteiger partial charge in [-0.2, -0.15) is 0 Å². The van der Waals surface area contributed by atoms with Gasteiger partial charge >= 0.3 is 0 Å². The number of aromatic nitrogens is 1. The normalized spacial score (nSPS) is 10.2. The van der Waals surface area contributed by atoms with Gasteiger partial charge in [-0.15, -0.1) is 17.9 Å². The molecule has 0 aliphatic heterocycles. The minimum atomic E-state index is 0.511. The van der Waals surface area contributed by atoms with Crippen LogP contribution >= 0.6 is 11.3 Å². The van der Waals surface area contributed by atoms with Gasteiger partial charge in [-0.05, 0) is 6.42 Å². The lowest BCUT2D eigenvalue weighted by atomic mass is 10.4. The molecule has 0 saturated carbocycles. The lowest BCUT2D eigenvalue weighted by Gasteiger charge is -1.97. The van der Waals surface area contributed by atoms with E-state index in [4.69, 9.17) is 10.5 Å². The summed E-state index contributed by atoms with van der Waals surface area (Å²) in [5, 5.41) is 2.94. The maximum Gasteiger partial charge on any atom is 0.107 e. The Morgan fingerprint density at radius 2 is 2.54 bits per heavy atom. The number of thiazole rings is 1. The summed E-state index contributed by atoms with van der Waals surface area (Å²) in [6.45, 7) is 5.40. The molecule has 1 aromatic heterocycles. The number of hydrogen-bond donors (Lipinski definition) is 1. The summed E-state index contributed by atoms with van der Waals surface area (Å²) in [6, 6.07) is 0. The van der Waals surface area contributed by atoms with E-state index in [1.807, 2.05) is 11.5 Å². The van der Waals surface area contributed by atoms with Gasteiger partial charge in [0.1, 0.15) is 5.01 Å². The third kappa shape index (κ3) is 3.67. The Labute approximate surface area is 82.2 Å². The fraction of sp³-hybridized carbons (Fsp3) is 0.444. The monoisotopic (exact) mass is 198 g/mol. The third-order valence-corrected chi connectivity index (χ3v) is 2.41. The standard InChI is InChI=1S/C9H14N2OS/c1-2-3-4-12-6-8-7-13-9(5-10)11-8/h2,7H,1,3-6,10H2. The van der Waals surface area contributed by atoms with Crippen LogP contribution in [0.5, 0.6) is 0 Å². The van der Waals surface area contributed by atoms with Crippen LogP contribution in [0.15, 0.2) is 18.0 Å². The predicted molar refractivity (Wildman–Crippen MR) is 54.5 cm³/mol. The molecule has 0 atom stereocenters. The SMILES string of the molecule is C=CCCOCc1csc(CN)n1. The number of rotatable bonds is 6. The molecule has 72 valence electrons. The first-order chi connectivity index (χ1) is 6.36. The average Bonchev–Trinajstić information content (AvgIpc) is 2.60. The summed E-state index contributed by atoms with van der Waals surface area (Å²) in [4.78, 5) is 4.27. The minimum Gasteiger partial charge on any atom is -0.375 e. The highest BCUT2D eigenvalue weighted by molar-refractivity contribution is 7.09. The molecule has 0 aliphatic carbocycles. The molecule has 0 fully saturated rings. The van der Waals surface area contributed by atoms with Crippen molar-refractivity contribution >= 4 is 11.3 Å². The summed E-state index contributed by atoms with van der Waals surface area (Å²) in [5.41, 5.74) is 6.40. The highest BCUT2D eigenvalue weighted by Gasteiger charge is 1.99. The molecule has 4 heteroatoms. The highest BCUT2D eigenvalue weighted by Crippen LogP contribution is 2.09. The zero-order valence-electron chi connectivity index (χ0n) is 7.53. The van der Waals surface area contributed by atoms with Crippen LogP contribution < -0.4 is 5.73 Å². The molecule has 0 aliphatic rings. The number of nitrogens with zero attached hydrogens (tertiary/aromatic N) is 1. The topological polar surface area (TPSA) is 48.1 Å². The van der Waals surface area contributed by atoms with Crippen LogP contribution in [-0.2, 0) is 17.9 Å². The first kappa shape index (κ1) is 10.4. The third-order valence-electron chi connectivity index (χ3n) is 1.49. The molecule has 1 aromatic rings. The largest absolute Gasteiger partial charge is 0.375 e. The van der Waals surface area contributed by atoms with Crippen molar-refractivity contribution in [3.05, 3.63) is 28.7 Å². The van der Waals surface area contributed by atoms with Crippen molar-refractivity contribution in [2.24, 2.45) is 5.73 Å². The molecule has 13 heavy (non-hydrogen) atoms. The quantitative estimate of drug-likeness (QED) is 0.559. The highest BCUT2D eigenvalue weighted by atomic mass is 32.1. The molecule has 0 bridgehead atoms. The van der Waals surface area contributed by atoms with E-state index in [9.17, 15) is 0 Å². The van der Waals surface area contributed by atoms with Crippen molar-refractivity contribution in [3.8, 4) is 0 Å². The molecular weight excluding hydrogens is 184 g/mol. The first-order valence-corrected chi connectivity index (χ1v) is 5.06. The first-order valence-electron chi connectivity index (χ1n) is 4.18. The summed E-state index contributed by atoms with van der Waals surface area (Å²) in [7, 11) is 0. The molecule has 0 spiro atoms. The van der Waals surface area contributed by atoms with Crippen LogP contribution in [0.25, 0.3) is 0 Å². The Kier molecular flexibility index (Phi) is 4.67. The second-order valence-electron chi connectivity index (χ2n) is 2.57. The Balaban J connectivity index is 2.24. The summed E-state index contributed by atoms with van der Waals surface area (Å²) in [5.74, 6) is 0. The second kappa shape index (κ2) is 5.85. The summed E-state index contributed by atoms with van der Waals surface area (Å²) in [6.07, 6.45) is 2.72. The lowest BCUT2D eigenvalue weighted by molar-refractivity contribution is 0.123. The number of hydrogen-bond acceptors (Lipinski definition) is 4. The molecule has 1 heterocycles.